The fraction of sp³-hybridized carbons (Fsp3) is 1.00. The maximum Gasteiger partial charge on any atom is -0.0321 e. The molecule has 19 heavy (non-hydrogen) atoms. The van der Waals surface area contributed by atoms with Gasteiger partial charge in [0.2, 0.25) is 0 Å². The molecule has 0 saturated heterocycles. The zero-order valence-corrected chi connectivity index (χ0v) is 13.1. The first-order chi connectivity index (χ1) is 9.24. The van der Waals surface area contributed by atoms with Crippen LogP contribution in [-0.4, -0.2) is 0 Å². The predicted molar refractivity (Wildman–Crippen MR) is 80.8 cm³/mol. The van der Waals surface area contributed by atoms with E-state index >= 15 is 0 Å². The summed E-state index contributed by atoms with van der Waals surface area (Å²) in [5, 5.41) is 0. The molecule has 2 bridgehead atoms. The van der Waals surface area contributed by atoms with Crippen LogP contribution in [0.2, 0.25) is 0 Å². The second-order valence-corrected chi connectivity index (χ2v) is 8.54. The molecule has 4 aliphatic rings. The van der Waals surface area contributed by atoms with Crippen molar-refractivity contribution in [1.29, 1.82) is 0 Å². The third kappa shape index (κ3) is 1.64. The second kappa shape index (κ2) is 4.50. The van der Waals surface area contributed by atoms with Gasteiger partial charge in [-0.05, 0) is 78.9 Å². The first kappa shape index (κ1) is 12.7. The Morgan fingerprint density at radius 3 is 2.37 bits per heavy atom. The Labute approximate surface area is 119 Å². The zero-order valence-electron chi connectivity index (χ0n) is 13.1. The van der Waals surface area contributed by atoms with Crippen LogP contribution in [0.1, 0.15) is 65.7 Å². The fourth-order valence-electron chi connectivity index (χ4n) is 7.60. The molecule has 0 nitrogen and oxygen atoms in total. The normalized spacial score (nSPS) is 58.6. The van der Waals surface area contributed by atoms with E-state index in [0.717, 1.165) is 47.3 Å². The average Bonchev–Trinajstić information content (AvgIpc) is 3.07. The summed E-state index contributed by atoms with van der Waals surface area (Å²) in [5.41, 5.74) is 0. The van der Waals surface area contributed by atoms with Crippen LogP contribution in [-0.2, 0) is 0 Å². The van der Waals surface area contributed by atoms with Crippen LogP contribution in [0.4, 0.5) is 0 Å². The van der Waals surface area contributed by atoms with Crippen LogP contribution in [0, 0.1) is 53.3 Å². The van der Waals surface area contributed by atoms with E-state index in [4.69, 9.17) is 0 Å². The molecule has 0 heterocycles. The maximum absolute atomic E-state index is 2.55. The third-order valence-electron chi connectivity index (χ3n) is 7.99. The summed E-state index contributed by atoms with van der Waals surface area (Å²) in [6.07, 6.45) is 10.9. The molecule has 0 aromatic rings. The topological polar surface area (TPSA) is 0 Å². The second-order valence-electron chi connectivity index (χ2n) is 8.54. The standard InChI is InChI=1S/C19H32/c1-4-6-13-8-12(5-2)18-16(13)10-17-15-9-14(19(17)18)7-11(15)3/h11-19H,4-10H2,1-3H3. The van der Waals surface area contributed by atoms with Crippen molar-refractivity contribution in [1.82, 2.24) is 0 Å². The van der Waals surface area contributed by atoms with Gasteiger partial charge in [-0.1, -0.05) is 40.0 Å². The van der Waals surface area contributed by atoms with E-state index in [2.05, 4.69) is 20.8 Å². The van der Waals surface area contributed by atoms with Gasteiger partial charge >= 0.3 is 0 Å². The van der Waals surface area contributed by atoms with E-state index < -0.39 is 0 Å². The Balaban J connectivity index is 1.60. The molecule has 4 saturated carbocycles. The molecule has 9 atom stereocenters. The summed E-state index contributed by atoms with van der Waals surface area (Å²) in [6.45, 7) is 7.42. The minimum absolute atomic E-state index is 1.06. The number of fused-ring (bicyclic) bond motifs is 7. The quantitative estimate of drug-likeness (QED) is 0.639. The Bertz CT molecular complexity index is 346. The van der Waals surface area contributed by atoms with Gasteiger partial charge in [0, 0.05) is 0 Å². The molecule has 0 aromatic heterocycles. The van der Waals surface area contributed by atoms with Crippen molar-refractivity contribution in [2.75, 3.05) is 0 Å². The van der Waals surface area contributed by atoms with Crippen LogP contribution in [0.15, 0.2) is 0 Å². The Kier molecular flexibility index (Phi) is 3.01. The number of hydrogen-bond donors (Lipinski definition) is 0. The van der Waals surface area contributed by atoms with E-state index in [-0.39, 0.29) is 0 Å². The molecule has 0 heteroatoms. The molecule has 4 rings (SSSR count). The van der Waals surface area contributed by atoms with Crippen molar-refractivity contribution in [3.05, 3.63) is 0 Å². The van der Waals surface area contributed by atoms with Gasteiger partial charge in [0.1, 0.15) is 0 Å². The SMILES string of the molecule is CCCC1CC(CC)C2C1CC1C3CC(CC3C)C12. The lowest BCUT2D eigenvalue weighted by atomic mass is 9.71. The monoisotopic (exact) mass is 260 g/mol. The van der Waals surface area contributed by atoms with Gasteiger partial charge in [0.05, 0.1) is 0 Å². The van der Waals surface area contributed by atoms with Crippen molar-refractivity contribution in [2.24, 2.45) is 53.3 Å². The first-order valence-corrected chi connectivity index (χ1v) is 9.24. The van der Waals surface area contributed by atoms with Crippen molar-refractivity contribution in [3.8, 4) is 0 Å². The van der Waals surface area contributed by atoms with Crippen molar-refractivity contribution < 1.29 is 0 Å². The van der Waals surface area contributed by atoms with Crippen LogP contribution in [0.3, 0.4) is 0 Å². The zero-order chi connectivity index (χ0) is 13.1. The fourth-order valence-corrected chi connectivity index (χ4v) is 7.60. The molecule has 4 fully saturated rings. The van der Waals surface area contributed by atoms with Gasteiger partial charge in [0.15, 0.2) is 0 Å². The van der Waals surface area contributed by atoms with E-state index in [1.54, 1.807) is 25.7 Å². The van der Waals surface area contributed by atoms with Gasteiger partial charge in [-0.25, -0.2) is 0 Å². The molecular formula is C19H32. The summed E-state index contributed by atoms with van der Waals surface area (Å²) in [6, 6.07) is 0. The molecule has 0 amide bonds. The lowest BCUT2D eigenvalue weighted by Gasteiger charge is -2.34. The highest BCUT2D eigenvalue weighted by Gasteiger charge is 2.62. The highest BCUT2D eigenvalue weighted by molar-refractivity contribution is 5.11. The molecule has 0 N–H and O–H groups in total. The average molecular weight is 260 g/mol. The first-order valence-electron chi connectivity index (χ1n) is 9.24. The summed E-state index contributed by atoms with van der Waals surface area (Å²) in [7, 11) is 0. The molecule has 9 unspecified atom stereocenters. The van der Waals surface area contributed by atoms with Crippen LogP contribution < -0.4 is 0 Å². The lowest BCUT2D eigenvalue weighted by Crippen LogP contribution is -2.28. The Morgan fingerprint density at radius 1 is 0.789 bits per heavy atom. The largest absolute Gasteiger partial charge is 0.0654 e. The van der Waals surface area contributed by atoms with Gasteiger partial charge in [-0.3, -0.25) is 0 Å². The van der Waals surface area contributed by atoms with Gasteiger partial charge < -0.3 is 0 Å². The number of hydrogen-bond acceptors (Lipinski definition) is 0. The van der Waals surface area contributed by atoms with Crippen molar-refractivity contribution >= 4 is 0 Å². The molecule has 108 valence electrons. The van der Waals surface area contributed by atoms with Crippen LogP contribution in [0.25, 0.3) is 0 Å². The summed E-state index contributed by atoms with van der Waals surface area (Å²) in [4.78, 5) is 0. The lowest BCUT2D eigenvalue weighted by molar-refractivity contribution is 0.140. The van der Waals surface area contributed by atoms with E-state index in [9.17, 15) is 0 Å². The van der Waals surface area contributed by atoms with E-state index in [0.29, 0.717) is 0 Å². The van der Waals surface area contributed by atoms with Crippen molar-refractivity contribution in [2.45, 2.75) is 65.7 Å². The minimum atomic E-state index is 1.06. The Morgan fingerprint density at radius 2 is 1.63 bits per heavy atom. The smallest absolute Gasteiger partial charge is 0.0321 e. The number of rotatable bonds is 3. The maximum atomic E-state index is 2.55. The van der Waals surface area contributed by atoms with Gasteiger partial charge in [0.25, 0.3) is 0 Å². The summed E-state index contributed by atoms with van der Waals surface area (Å²) in [5.74, 6) is 10.2. The van der Waals surface area contributed by atoms with Crippen molar-refractivity contribution in [3.63, 3.8) is 0 Å². The van der Waals surface area contributed by atoms with E-state index in [1.165, 1.54) is 25.2 Å². The highest BCUT2D eigenvalue weighted by atomic mass is 14.7. The molecular weight excluding hydrogens is 228 g/mol. The molecule has 0 radical (unpaired) electrons. The third-order valence-corrected chi connectivity index (χ3v) is 7.99. The van der Waals surface area contributed by atoms with Crippen LogP contribution in [0.5, 0.6) is 0 Å². The van der Waals surface area contributed by atoms with Gasteiger partial charge in [-0.15, -0.1) is 0 Å². The van der Waals surface area contributed by atoms with Gasteiger partial charge in [-0.2, -0.15) is 0 Å². The minimum Gasteiger partial charge on any atom is -0.0654 e. The Hall–Kier alpha value is 0. The molecule has 0 spiro atoms. The molecule has 4 aliphatic carbocycles. The highest BCUT2D eigenvalue weighted by Crippen LogP contribution is 2.69. The summed E-state index contributed by atoms with van der Waals surface area (Å²) >= 11 is 0. The molecule has 0 aliphatic heterocycles. The molecule has 0 aromatic carbocycles. The predicted octanol–water partition coefficient (Wildman–Crippen LogP) is 5.38. The van der Waals surface area contributed by atoms with Crippen LogP contribution >= 0.6 is 0 Å². The van der Waals surface area contributed by atoms with E-state index in [1.807, 2.05) is 0 Å². The summed E-state index contributed by atoms with van der Waals surface area (Å²) < 4.78 is 0.